The Labute approximate surface area is 115 Å². The number of rotatable bonds is 4. The fourth-order valence-electron chi connectivity index (χ4n) is 1.88. The summed E-state index contributed by atoms with van der Waals surface area (Å²) in [7, 11) is 1.55. The normalized spacial score (nSPS) is 10.3. The Hall–Kier alpha value is -2.63. The summed E-state index contributed by atoms with van der Waals surface area (Å²) in [5.41, 5.74) is 0.849. The van der Waals surface area contributed by atoms with Crippen LogP contribution in [0.4, 0.5) is 0 Å². The molecular formula is C14H14N2O4. The van der Waals surface area contributed by atoms with Gasteiger partial charge < -0.3 is 14.8 Å². The number of carboxylic acids is 1. The predicted octanol–water partition coefficient (Wildman–Crippen LogP) is 1.38. The zero-order valence-corrected chi connectivity index (χ0v) is 11.1. The highest BCUT2D eigenvalue weighted by atomic mass is 16.5. The van der Waals surface area contributed by atoms with Gasteiger partial charge in [-0.25, -0.2) is 4.98 Å². The number of nitrogens with one attached hydrogen (secondary N) is 1. The van der Waals surface area contributed by atoms with Gasteiger partial charge in [-0.05, 0) is 19.1 Å². The molecule has 2 rings (SSSR count). The standard InChI is InChI=1S/C14H14N2O4/c1-8-11(7-12(17)18)14(19)16-13(15-8)9-4-3-5-10(6-9)20-2/h3-6H,7H2,1-2H3,(H,17,18)(H,15,16,19). The molecule has 1 heterocycles. The van der Waals surface area contributed by atoms with Crippen molar-refractivity contribution in [1.29, 1.82) is 0 Å². The molecule has 0 fully saturated rings. The number of carbonyl (C=O) groups is 1. The second-order valence-electron chi connectivity index (χ2n) is 4.28. The number of aromatic nitrogens is 2. The molecule has 2 aromatic rings. The quantitative estimate of drug-likeness (QED) is 0.878. The number of benzene rings is 1. The van der Waals surface area contributed by atoms with E-state index in [1.807, 2.05) is 0 Å². The molecular weight excluding hydrogens is 260 g/mol. The largest absolute Gasteiger partial charge is 0.497 e. The van der Waals surface area contributed by atoms with E-state index in [0.29, 0.717) is 22.8 Å². The maximum atomic E-state index is 11.9. The summed E-state index contributed by atoms with van der Waals surface area (Å²) in [5, 5.41) is 8.77. The number of hydrogen-bond donors (Lipinski definition) is 2. The predicted molar refractivity (Wildman–Crippen MR) is 72.9 cm³/mol. The molecule has 6 nitrogen and oxygen atoms in total. The van der Waals surface area contributed by atoms with Crippen molar-refractivity contribution in [3.63, 3.8) is 0 Å². The van der Waals surface area contributed by atoms with Gasteiger partial charge in [0.1, 0.15) is 11.6 Å². The maximum absolute atomic E-state index is 11.9. The fraction of sp³-hybridized carbons (Fsp3) is 0.214. The smallest absolute Gasteiger partial charge is 0.308 e. The van der Waals surface area contributed by atoms with Crippen molar-refractivity contribution >= 4 is 5.97 Å². The highest BCUT2D eigenvalue weighted by Gasteiger charge is 2.12. The monoisotopic (exact) mass is 274 g/mol. The lowest BCUT2D eigenvalue weighted by molar-refractivity contribution is -0.136. The highest BCUT2D eigenvalue weighted by Crippen LogP contribution is 2.20. The first kappa shape index (κ1) is 13.8. The van der Waals surface area contributed by atoms with E-state index in [1.165, 1.54) is 0 Å². The topological polar surface area (TPSA) is 92.3 Å². The van der Waals surface area contributed by atoms with Gasteiger partial charge in [0, 0.05) is 16.8 Å². The summed E-state index contributed by atoms with van der Waals surface area (Å²) in [6.07, 6.45) is -0.341. The van der Waals surface area contributed by atoms with Gasteiger partial charge in [0.05, 0.1) is 13.5 Å². The van der Waals surface area contributed by atoms with Crippen LogP contribution in [0.2, 0.25) is 0 Å². The zero-order chi connectivity index (χ0) is 14.7. The Morgan fingerprint density at radius 1 is 1.45 bits per heavy atom. The summed E-state index contributed by atoms with van der Waals surface area (Å²) in [6, 6.07) is 7.10. The Bertz CT molecular complexity index is 707. The number of hydrogen-bond acceptors (Lipinski definition) is 4. The van der Waals surface area contributed by atoms with Gasteiger partial charge in [-0.1, -0.05) is 12.1 Å². The number of ether oxygens (including phenoxy) is 1. The average Bonchev–Trinajstić information content (AvgIpc) is 2.42. The molecule has 1 aromatic carbocycles. The van der Waals surface area contributed by atoms with Crippen LogP contribution in [0.5, 0.6) is 5.75 Å². The number of carboxylic acid groups (broad SMARTS) is 1. The van der Waals surface area contributed by atoms with Gasteiger partial charge in [0.15, 0.2) is 0 Å². The van der Waals surface area contributed by atoms with E-state index in [0.717, 1.165) is 0 Å². The molecule has 1 aromatic heterocycles. The number of methoxy groups -OCH3 is 1. The van der Waals surface area contributed by atoms with E-state index in [4.69, 9.17) is 9.84 Å². The van der Waals surface area contributed by atoms with Crippen LogP contribution in [-0.4, -0.2) is 28.2 Å². The van der Waals surface area contributed by atoms with E-state index in [1.54, 1.807) is 38.3 Å². The third-order valence-electron chi connectivity index (χ3n) is 2.89. The number of aromatic amines is 1. The van der Waals surface area contributed by atoms with Crippen LogP contribution in [0.25, 0.3) is 11.4 Å². The van der Waals surface area contributed by atoms with Crippen molar-refractivity contribution in [3.05, 3.63) is 45.9 Å². The molecule has 0 spiro atoms. The Balaban J connectivity index is 2.49. The van der Waals surface area contributed by atoms with Crippen molar-refractivity contribution < 1.29 is 14.6 Å². The number of aryl methyl sites for hydroxylation is 1. The van der Waals surface area contributed by atoms with Gasteiger partial charge in [-0.3, -0.25) is 9.59 Å². The molecule has 6 heteroatoms. The zero-order valence-electron chi connectivity index (χ0n) is 11.1. The van der Waals surface area contributed by atoms with Crippen LogP contribution in [0, 0.1) is 6.92 Å². The van der Waals surface area contributed by atoms with Crippen LogP contribution >= 0.6 is 0 Å². The molecule has 0 aliphatic rings. The van der Waals surface area contributed by atoms with Gasteiger partial charge >= 0.3 is 5.97 Å². The van der Waals surface area contributed by atoms with Crippen LogP contribution in [0.15, 0.2) is 29.1 Å². The molecule has 0 aliphatic heterocycles. The average molecular weight is 274 g/mol. The highest BCUT2D eigenvalue weighted by molar-refractivity contribution is 5.70. The molecule has 0 unspecified atom stereocenters. The molecule has 0 atom stereocenters. The van der Waals surface area contributed by atoms with Crippen molar-refractivity contribution in [2.45, 2.75) is 13.3 Å². The van der Waals surface area contributed by atoms with Crippen LogP contribution in [0.3, 0.4) is 0 Å². The molecule has 0 bridgehead atoms. The minimum absolute atomic E-state index is 0.171. The third-order valence-corrected chi connectivity index (χ3v) is 2.89. The molecule has 0 amide bonds. The van der Waals surface area contributed by atoms with Crippen molar-refractivity contribution in [3.8, 4) is 17.1 Å². The van der Waals surface area contributed by atoms with E-state index in [9.17, 15) is 9.59 Å². The Morgan fingerprint density at radius 3 is 2.80 bits per heavy atom. The van der Waals surface area contributed by atoms with Crippen LogP contribution in [0.1, 0.15) is 11.3 Å². The lowest BCUT2D eigenvalue weighted by Gasteiger charge is -2.07. The van der Waals surface area contributed by atoms with Crippen molar-refractivity contribution in [1.82, 2.24) is 9.97 Å². The number of aliphatic carboxylic acids is 1. The van der Waals surface area contributed by atoms with Crippen molar-refractivity contribution in [2.75, 3.05) is 7.11 Å². The van der Waals surface area contributed by atoms with E-state index in [-0.39, 0.29) is 12.0 Å². The summed E-state index contributed by atoms with van der Waals surface area (Å²) < 4.78 is 5.12. The first-order valence-corrected chi connectivity index (χ1v) is 5.97. The van der Waals surface area contributed by atoms with E-state index < -0.39 is 11.5 Å². The molecule has 20 heavy (non-hydrogen) atoms. The molecule has 0 aliphatic carbocycles. The summed E-state index contributed by atoms with van der Waals surface area (Å²) >= 11 is 0. The third kappa shape index (κ3) is 2.85. The van der Waals surface area contributed by atoms with Gasteiger partial charge in [0.25, 0.3) is 5.56 Å². The first-order valence-electron chi connectivity index (χ1n) is 5.97. The van der Waals surface area contributed by atoms with Crippen molar-refractivity contribution in [2.24, 2.45) is 0 Å². The molecule has 104 valence electrons. The van der Waals surface area contributed by atoms with E-state index in [2.05, 4.69) is 9.97 Å². The minimum Gasteiger partial charge on any atom is -0.497 e. The Kier molecular flexibility index (Phi) is 3.84. The summed E-state index contributed by atoms with van der Waals surface area (Å²) in [4.78, 5) is 29.5. The lowest BCUT2D eigenvalue weighted by atomic mass is 10.1. The SMILES string of the molecule is COc1cccc(-c2nc(C)c(CC(=O)O)c(=O)[nH]2)c1. The molecule has 0 saturated carbocycles. The second kappa shape index (κ2) is 5.56. The number of nitrogens with zero attached hydrogens (tertiary/aromatic N) is 1. The maximum Gasteiger partial charge on any atom is 0.308 e. The Morgan fingerprint density at radius 2 is 2.20 bits per heavy atom. The van der Waals surface area contributed by atoms with Gasteiger partial charge in [-0.15, -0.1) is 0 Å². The van der Waals surface area contributed by atoms with Gasteiger partial charge in [-0.2, -0.15) is 0 Å². The second-order valence-corrected chi connectivity index (χ2v) is 4.28. The van der Waals surface area contributed by atoms with Crippen LogP contribution < -0.4 is 10.3 Å². The molecule has 2 N–H and O–H groups in total. The lowest BCUT2D eigenvalue weighted by Crippen LogP contribution is -2.20. The summed E-state index contributed by atoms with van der Waals surface area (Å²) in [5.74, 6) is -0.0208. The van der Waals surface area contributed by atoms with Crippen LogP contribution in [-0.2, 0) is 11.2 Å². The number of H-pyrrole nitrogens is 1. The summed E-state index contributed by atoms with van der Waals surface area (Å²) in [6.45, 7) is 1.62. The fourth-order valence-corrected chi connectivity index (χ4v) is 1.88. The molecule has 0 saturated heterocycles. The molecule has 0 radical (unpaired) electrons. The first-order chi connectivity index (χ1) is 9.51. The van der Waals surface area contributed by atoms with Gasteiger partial charge in [0.2, 0.25) is 0 Å². The minimum atomic E-state index is -1.06. The van der Waals surface area contributed by atoms with E-state index >= 15 is 0 Å².